The Labute approximate surface area is 126 Å². The molecular formula is C14H16BrN5. The van der Waals surface area contributed by atoms with Gasteiger partial charge in [-0.3, -0.25) is 0 Å². The Hall–Kier alpha value is -1.66. The zero-order valence-electron chi connectivity index (χ0n) is 11.2. The van der Waals surface area contributed by atoms with Gasteiger partial charge in [-0.05, 0) is 47.3 Å². The third-order valence-corrected chi connectivity index (χ3v) is 4.34. The molecule has 0 saturated heterocycles. The Morgan fingerprint density at radius 1 is 1.25 bits per heavy atom. The summed E-state index contributed by atoms with van der Waals surface area (Å²) in [5.41, 5.74) is 4.75. The normalized spacial score (nSPS) is 14.2. The van der Waals surface area contributed by atoms with Crippen molar-refractivity contribution in [3.63, 3.8) is 0 Å². The van der Waals surface area contributed by atoms with Crippen LogP contribution in [-0.2, 0) is 0 Å². The molecule has 6 heteroatoms. The van der Waals surface area contributed by atoms with Gasteiger partial charge >= 0.3 is 0 Å². The fraction of sp³-hybridized carbons (Fsp3) is 0.286. The van der Waals surface area contributed by atoms with Gasteiger partial charge in [0.25, 0.3) is 0 Å². The lowest BCUT2D eigenvalue weighted by atomic mass is 10.2. The Balaban J connectivity index is 1.93. The summed E-state index contributed by atoms with van der Waals surface area (Å²) < 4.78 is 1.04. The summed E-state index contributed by atoms with van der Waals surface area (Å²) in [5, 5.41) is 3.32. The molecule has 1 aliphatic carbocycles. The van der Waals surface area contributed by atoms with Crippen molar-refractivity contribution >= 4 is 33.3 Å². The molecule has 104 valence electrons. The van der Waals surface area contributed by atoms with E-state index in [-0.39, 0.29) is 0 Å². The summed E-state index contributed by atoms with van der Waals surface area (Å²) in [7, 11) is 0. The van der Waals surface area contributed by atoms with E-state index in [0.29, 0.717) is 11.7 Å². The number of nitrogen functional groups attached to an aromatic ring is 1. The number of nitrogens with one attached hydrogen (secondary N) is 2. The molecule has 0 spiro atoms. The molecule has 20 heavy (non-hydrogen) atoms. The highest BCUT2D eigenvalue weighted by atomic mass is 79.9. The highest BCUT2D eigenvalue weighted by molar-refractivity contribution is 9.10. The zero-order valence-corrected chi connectivity index (χ0v) is 12.7. The minimum atomic E-state index is 0.477. The predicted molar refractivity (Wildman–Crippen MR) is 84.0 cm³/mol. The van der Waals surface area contributed by atoms with Crippen molar-refractivity contribution in [3.05, 3.63) is 40.1 Å². The molecule has 0 unspecified atom stereocenters. The zero-order chi connectivity index (χ0) is 14.1. The van der Waals surface area contributed by atoms with Crippen LogP contribution in [0.3, 0.4) is 0 Å². The molecule has 1 fully saturated rings. The maximum Gasteiger partial charge on any atom is 0.145 e. The first-order valence-electron chi connectivity index (χ1n) is 6.55. The molecular weight excluding hydrogens is 318 g/mol. The van der Waals surface area contributed by atoms with Crippen LogP contribution >= 0.6 is 15.9 Å². The topological polar surface area (TPSA) is 75.9 Å². The summed E-state index contributed by atoms with van der Waals surface area (Å²) in [6.45, 7) is 2.05. The van der Waals surface area contributed by atoms with Crippen molar-refractivity contribution < 1.29 is 0 Å². The van der Waals surface area contributed by atoms with E-state index in [9.17, 15) is 0 Å². The van der Waals surface area contributed by atoms with Crippen LogP contribution in [0.5, 0.6) is 0 Å². The molecule has 4 N–H and O–H groups in total. The van der Waals surface area contributed by atoms with Crippen LogP contribution in [0, 0.1) is 6.92 Å². The maximum atomic E-state index is 5.48. The first-order valence-corrected chi connectivity index (χ1v) is 7.34. The average molecular weight is 334 g/mol. The monoisotopic (exact) mass is 333 g/mol. The Morgan fingerprint density at radius 2 is 2.00 bits per heavy atom. The number of anilines is 3. The van der Waals surface area contributed by atoms with Crippen molar-refractivity contribution in [2.45, 2.75) is 25.7 Å². The summed E-state index contributed by atoms with van der Waals surface area (Å²) in [6.07, 6.45) is 2.31. The van der Waals surface area contributed by atoms with Gasteiger partial charge < -0.3 is 10.7 Å². The Morgan fingerprint density at radius 3 is 2.70 bits per heavy atom. The Kier molecular flexibility index (Phi) is 3.58. The number of aromatic nitrogens is 2. The molecule has 5 nitrogen and oxygen atoms in total. The van der Waals surface area contributed by atoms with E-state index in [1.807, 2.05) is 12.1 Å². The molecule has 1 heterocycles. The quantitative estimate of drug-likeness (QED) is 0.590. The van der Waals surface area contributed by atoms with Gasteiger partial charge in [0.1, 0.15) is 17.5 Å². The highest BCUT2D eigenvalue weighted by Gasteiger charge is 2.27. The first kappa shape index (κ1) is 13.3. The molecule has 3 rings (SSSR count). The van der Waals surface area contributed by atoms with Gasteiger partial charge in [-0.15, -0.1) is 0 Å². The summed E-state index contributed by atoms with van der Waals surface area (Å²) in [5.74, 6) is 8.19. The van der Waals surface area contributed by atoms with Crippen LogP contribution in [0.25, 0.3) is 0 Å². The second-order valence-corrected chi connectivity index (χ2v) is 5.77. The van der Waals surface area contributed by atoms with E-state index in [1.54, 1.807) is 6.07 Å². The van der Waals surface area contributed by atoms with Crippen LogP contribution < -0.4 is 16.6 Å². The van der Waals surface area contributed by atoms with Gasteiger partial charge in [0, 0.05) is 16.5 Å². The minimum absolute atomic E-state index is 0.477. The lowest BCUT2D eigenvalue weighted by Crippen LogP contribution is -2.11. The second kappa shape index (κ2) is 5.38. The highest BCUT2D eigenvalue weighted by Crippen LogP contribution is 2.39. The standard InChI is InChI=1S/C14H16BrN5/c1-8-3-2-4-10(13(8)15)17-11-7-12(20-16)19-14(18-11)9-5-6-9/h2-4,7,9H,5-6,16H2,1H3,(H2,17,18,19,20). The van der Waals surface area contributed by atoms with E-state index in [1.165, 1.54) is 5.56 Å². The number of hydrogen-bond donors (Lipinski definition) is 3. The van der Waals surface area contributed by atoms with Crippen LogP contribution in [0.1, 0.15) is 30.1 Å². The molecule has 0 aliphatic heterocycles. The van der Waals surface area contributed by atoms with Gasteiger partial charge in [0.2, 0.25) is 0 Å². The molecule has 1 aromatic heterocycles. The number of hydrogen-bond acceptors (Lipinski definition) is 5. The van der Waals surface area contributed by atoms with Crippen molar-refractivity contribution in [2.75, 3.05) is 10.7 Å². The van der Waals surface area contributed by atoms with Crippen LogP contribution in [0.4, 0.5) is 17.3 Å². The number of nitrogens with zero attached hydrogens (tertiary/aromatic N) is 2. The molecule has 0 bridgehead atoms. The fourth-order valence-corrected chi connectivity index (χ4v) is 2.37. The van der Waals surface area contributed by atoms with Gasteiger partial charge in [-0.1, -0.05) is 12.1 Å². The predicted octanol–water partition coefficient (Wildman–Crippen LogP) is 3.45. The SMILES string of the molecule is Cc1cccc(Nc2cc(NN)nc(C3CC3)n2)c1Br. The maximum absolute atomic E-state index is 5.48. The molecule has 0 radical (unpaired) electrons. The lowest BCUT2D eigenvalue weighted by molar-refractivity contribution is 0.929. The summed E-state index contributed by atoms with van der Waals surface area (Å²) >= 11 is 3.59. The van der Waals surface area contributed by atoms with Gasteiger partial charge in [0.05, 0.1) is 5.69 Å². The second-order valence-electron chi connectivity index (χ2n) is 4.98. The smallest absolute Gasteiger partial charge is 0.145 e. The number of rotatable bonds is 4. The van der Waals surface area contributed by atoms with E-state index >= 15 is 0 Å². The third-order valence-electron chi connectivity index (χ3n) is 3.29. The summed E-state index contributed by atoms with van der Waals surface area (Å²) in [4.78, 5) is 8.97. The van der Waals surface area contributed by atoms with Crippen molar-refractivity contribution in [1.82, 2.24) is 9.97 Å². The van der Waals surface area contributed by atoms with Crippen molar-refractivity contribution in [3.8, 4) is 0 Å². The molecule has 1 aliphatic rings. The summed E-state index contributed by atoms with van der Waals surface area (Å²) in [6, 6.07) is 7.87. The van der Waals surface area contributed by atoms with Crippen LogP contribution in [-0.4, -0.2) is 9.97 Å². The first-order chi connectivity index (χ1) is 9.67. The van der Waals surface area contributed by atoms with E-state index in [2.05, 4.69) is 49.6 Å². The minimum Gasteiger partial charge on any atom is -0.339 e. The molecule has 2 aromatic rings. The van der Waals surface area contributed by atoms with Crippen molar-refractivity contribution in [2.24, 2.45) is 5.84 Å². The Bertz CT molecular complexity index is 639. The largest absolute Gasteiger partial charge is 0.339 e. The van der Waals surface area contributed by atoms with Gasteiger partial charge in [-0.25, -0.2) is 15.8 Å². The number of halogens is 1. The number of benzene rings is 1. The van der Waals surface area contributed by atoms with E-state index < -0.39 is 0 Å². The number of nitrogens with two attached hydrogens (primary N) is 1. The van der Waals surface area contributed by atoms with Crippen molar-refractivity contribution in [1.29, 1.82) is 0 Å². The molecule has 1 saturated carbocycles. The van der Waals surface area contributed by atoms with Gasteiger partial charge in [0.15, 0.2) is 0 Å². The van der Waals surface area contributed by atoms with Crippen LogP contribution in [0.2, 0.25) is 0 Å². The molecule has 0 amide bonds. The lowest BCUT2D eigenvalue weighted by Gasteiger charge is -2.12. The number of hydrazine groups is 1. The average Bonchev–Trinajstić information content (AvgIpc) is 3.28. The third kappa shape index (κ3) is 2.76. The number of aryl methyl sites for hydroxylation is 1. The fourth-order valence-electron chi connectivity index (χ4n) is 2.01. The molecule has 1 aromatic carbocycles. The van der Waals surface area contributed by atoms with E-state index in [4.69, 9.17) is 5.84 Å². The molecule has 0 atom stereocenters. The van der Waals surface area contributed by atoms with Gasteiger partial charge in [-0.2, -0.15) is 0 Å². The van der Waals surface area contributed by atoms with E-state index in [0.717, 1.165) is 34.6 Å². The van der Waals surface area contributed by atoms with Crippen LogP contribution in [0.15, 0.2) is 28.7 Å².